The summed E-state index contributed by atoms with van der Waals surface area (Å²) >= 11 is 0. The molecule has 11 heteroatoms. The van der Waals surface area contributed by atoms with Crippen molar-refractivity contribution in [2.45, 2.75) is 37.9 Å². The first kappa shape index (κ1) is 17.4. The zero-order valence-electron chi connectivity index (χ0n) is 13.2. The van der Waals surface area contributed by atoms with Crippen LogP contribution in [0.1, 0.15) is 18.8 Å². The number of aryl methyl sites for hydroxylation is 1. The molecule has 3 rings (SSSR count). The quantitative estimate of drug-likeness (QED) is 0.622. The molecule has 0 amide bonds. The van der Waals surface area contributed by atoms with Crippen LogP contribution in [-0.2, 0) is 20.2 Å². The molecule has 0 aromatic carbocycles. The predicted octanol–water partition coefficient (Wildman–Crippen LogP) is -0.160. The first-order chi connectivity index (χ1) is 11.3. The molecular weight excluding hydrogens is 339 g/mol. The van der Waals surface area contributed by atoms with Crippen molar-refractivity contribution in [1.29, 1.82) is 0 Å². The average molecular weight is 358 g/mol. The Morgan fingerprint density at radius 2 is 2.08 bits per heavy atom. The Morgan fingerprint density at radius 1 is 1.33 bits per heavy atom. The number of imidazole rings is 1. The van der Waals surface area contributed by atoms with Gasteiger partial charge in [0.25, 0.3) is 0 Å². The zero-order chi connectivity index (χ0) is 17.5. The van der Waals surface area contributed by atoms with Gasteiger partial charge >= 0.3 is 7.60 Å². The van der Waals surface area contributed by atoms with Gasteiger partial charge in [0, 0.05) is 6.66 Å². The summed E-state index contributed by atoms with van der Waals surface area (Å²) in [7, 11) is -3.71. The summed E-state index contributed by atoms with van der Waals surface area (Å²) in [5, 5.41) is 20.4. The molecule has 24 heavy (non-hydrogen) atoms. The second kappa shape index (κ2) is 6.47. The summed E-state index contributed by atoms with van der Waals surface area (Å²) in [5.41, 5.74) is 1.83. The summed E-state index contributed by atoms with van der Waals surface area (Å²) in [4.78, 5) is 21.8. The van der Waals surface area contributed by atoms with E-state index in [0.29, 0.717) is 17.6 Å². The van der Waals surface area contributed by atoms with Crippen LogP contribution in [0, 0.1) is 0 Å². The summed E-state index contributed by atoms with van der Waals surface area (Å²) < 4.78 is 23.1. The summed E-state index contributed by atoms with van der Waals surface area (Å²) in [6.07, 6.45) is -0.887. The van der Waals surface area contributed by atoms with Gasteiger partial charge in [-0.3, -0.25) is 9.13 Å². The van der Waals surface area contributed by atoms with Crippen LogP contribution in [0.2, 0.25) is 0 Å². The number of hydrogen-bond donors (Lipinski definition) is 3. The molecule has 10 nitrogen and oxygen atoms in total. The lowest BCUT2D eigenvalue weighted by Gasteiger charge is -2.16. The van der Waals surface area contributed by atoms with E-state index >= 15 is 0 Å². The largest absolute Gasteiger partial charge is 0.387 e. The number of fused-ring (bicyclic) bond motifs is 1. The Morgan fingerprint density at radius 3 is 2.75 bits per heavy atom. The van der Waals surface area contributed by atoms with Crippen LogP contribution in [-0.4, -0.2) is 66.2 Å². The molecule has 1 aliphatic rings. The van der Waals surface area contributed by atoms with Crippen molar-refractivity contribution in [3.8, 4) is 0 Å². The highest BCUT2D eigenvalue weighted by Gasteiger charge is 2.45. The van der Waals surface area contributed by atoms with E-state index in [-0.39, 0.29) is 6.61 Å². The van der Waals surface area contributed by atoms with Crippen molar-refractivity contribution in [2.24, 2.45) is 0 Å². The van der Waals surface area contributed by atoms with Crippen molar-refractivity contribution in [3.05, 3.63) is 18.3 Å². The number of rotatable bonds is 5. The Balaban J connectivity index is 1.86. The van der Waals surface area contributed by atoms with Gasteiger partial charge in [0.1, 0.15) is 30.2 Å². The SMILES string of the molecule is CCc1ncnc2c1ncn2[C@@H]1O[C@H](COP(C)(=O)O)[C@@H](O)[C@H]1O. The van der Waals surface area contributed by atoms with Gasteiger partial charge < -0.3 is 24.4 Å². The van der Waals surface area contributed by atoms with E-state index in [2.05, 4.69) is 15.0 Å². The average Bonchev–Trinajstić information content (AvgIpc) is 3.07. The van der Waals surface area contributed by atoms with E-state index in [1.165, 1.54) is 17.2 Å². The highest BCUT2D eigenvalue weighted by molar-refractivity contribution is 7.51. The van der Waals surface area contributed by atoms with Gasteiger partial charge in [0.05, 0.1) is 18.6 Å². The molecule has 0 aliphatic carbocycles. The number of hydrogen-bond acceptors (Lipinski definition) is 8. The lowest BCUT2D eigenvalue weighted by molar-refractivity contribution is -0.0483. The van der Waals surface area contributed by atoms with Crippen molar-refractivity contribution in [2.75, 3.05) is 13.3 Å². The molecule has 1 fully saturated rings. The molecule has 2 aromatic rings. The highest BCUT2D eigenvalue weighted by atomic mass is 31.2. The summed E-state index contributed by atoms with van der Waals surface area (Å²) in [6.45, 7) is 2.66. The maximum atomic E-state index is 11.2. The number of ether oxygens (including phenoxy) is 1. The molecule has 1 unspecified atom stereocenters. The molecule has 0 bridgehead atoms. The number of nitrogens with zero attached hydrogens (tertiary/aromatic N) is 4. The highest BCUT2D eigenvalue weighted by Crippen LogP contribution is 2.39. The van der Waals surface area contributed by atoms with Crippen LogP contribution in [0.15, 0.2) is 12.7 Å². The van der Waals surface area contributed by atoms with Crippen molar-refractivity contribution < 1.29 is 28.9 Å². The first-order valence-electron chi connectivity index (χ1n) is 7.44. The minimum Gasteiger partial charge on any atom is -0.387 e. The third kappa shape index (κ3) is 3.21. The molecular formula is C13H19N4O6P. The lowest BCUT2D eigenvalue weighted by atomic mass is 10.1. The molecule has 2 aromatic heterocycles. The van der Waals surface area contributed by atoms with E-state index in [4.69, 9.17) is 9.26 Å². The van der Waals surface area contributed by atoms with Crippen LogP contribution in [0.4, 0.5) is 0 Å². The molecule has 3 N–H and O–H groups in total. The monoisotopic (exact) mass is 358 g/mol. The Labute approximate surface area is 137 Å². The van der Waals surface area contributed by atoms with E-state index < -0.39 is 32.1 Å². The summed E-state index contributed by atoms with van der Waals surface area (Å²) in [5.74, 6) is 0. The first-order valence-corrected chi connectivity index (χ1v) is 9.47. The molecule has 0 spiro atoms. The van der Waals surface area contributed by atoms with Crippen molar-refractivity contribution >= 4 is 18.8 Å². The molecule has 3 heterocycles. The Kier molecular flexibility index (Phi) is 4.69. The Bertz CT molecular complexity index is 777. The number of aromatic nitrogens is 4. The second-order valence-corrected chi connectivity index (χ2v) is 7.51. The molecule has 0 saturated carbocycles. The third-order valence-electron chi connectivity index (χ3n) is 3.86. The van der Waals surface area contributed by atoms with Crippen molar-refractivity contribution in [3.63, 3.8) is 0 Å². The van der Waals surface area contributed by atoms with E-state index in [1.807, 2.05) is 6.92 Å². The van der Waals surface area contributed by atoms with E-state index in [0.717, 1.165) is 12.4 Å². The standard InChI is InChI=1S/C13H19N4O6P/c1-3-7-9-12(15-5-14-7)17(6-16-9)13-11(19)10(18)8(23-13)4-22-24(2,20)21/h5-6,8,10-11,13,18-19H,3-4H2,1-2H3,(H,20,21)/t8-,10-,11-,13-/m1/s1. The maximum Gasteiger partial charge on any atom is 0.325 e. The fourth-order valence-electron chi connectivity index (χ4n) is 2.65. The van der Waals surface area contributed by atoms with Gasteiger partial charge in [-0.2, -0.15) is 0 Å². The normalized spacial score (nSPS) is 29.9. The fourth-order valence-corrected chi connectivity index (χ4v) is 3.08. The van der Waals surface area contributed by atoms with Crippen LogP contribution in [0.25, 0.3) is 11.2 Å². The second-order valence-electron chi connectivity index (χ2n) is 5.64. The smallest absolute Gasteiger partial charge is 0.325 e. The predicted molar refractivity (Wildman–Crippen MR) is 82.3 cm³/mol. The van der Waals surface area contributed by atoms with Crippen LogP contribution >= 0.6 is 7.60 Å². The Hall–Kier alpha value is -1.42. The maximum absolute atomic E-state index is 11.2. The van der Waals surface area contributed by atoms with Crippen molar-refractivity contribution in [1.82, 2.24) is 19.5 Å². The third-order valence-corrected chi connectivity index (χ3v) is 4.49. The van der Waals surface area contributed by atoms with Gasteiger partial charge in [-0.15, -0.1) is 0 Å². The van der Waals surface area contributed by atoms with Gasteiger partial charge in [-0.25, -0.2) is 15.0 Å². The molecule has 132 valence electrons. The van der Waals surface area contributed by atoms with Gasteiger partial charge in [-0.05, 0) is 6.42 Å². The molecule has 1 aliphatic heterocycles. The van der Waals surface area contributed by atoms with Gasteiger partial charge in [0.2, 0.25) is 0 Å². The number of aliphatic hydroxyl groups is 2. The molecule has 1 saturated heterocycles. The zero-order valence-corrected chi connectivity index (χ0v) is 14.1. The minimum absolute atomic E-state index is 0.319. The van der Waals surface area contributed by atoms with E-state index in [9.17, 15) is 19.7 Å². The topological polar surface area (TPSA) is 140 Å². The minimum atomic E-state index is -3.71. The molecule has 5 atom stereocenters. The van der Waals surface area contributed by atoms with Crippen LogP contribution in [0.3, 0.4) is 0 Å². The van der Waals surface area contributed by atoms with Gasteiger partial charge in [-0.1, -0.05) is 6.92 Å². The number of aliphatic hydroxyl groups excluding tert-OH is 2. The summed E-state index contributed by atoms with van der Waals surface area (Å²) in [6, 6.07) is 0. The molecule has 0 radical (unpaired) electrons. The van der Waals surface area contributed by atoms with E-state index in [1.54, 1.807) is 0 Å². The van der Waals surface area contributed by atoms with Crippen LogP contribution < -0.4 is 0 Å². The fraction of sp³-hybridized carbons (Fsp3) is 0.615. The lowest BCUT2D eigenvalue weighted by Crippen LogP contribution is -2.33. The van der Waals surface area contributed by atoms with Gasteiger partial charge in [0.15, 0.2) is 11.9 Å². The van der Waals surface area contributed by atoms with Crippen LogP contribution in [0.5, 0.6) is 0 Å².